The molecule has 4 aromatic rings. The molecule has 4 rings (SSSR count). The molecule has 0 bridgehead atoms. The first-order valence-corrected chi connectivity index (χ1v) is 10.6. The first-order chi connectivity index (χ1) is 15.1. The SMILES string of the molecule is COc1ccc(NC(=O)C(Sc2nnc(-c3ccco3)n2C)c2ccccc2)cc1Cl. The molecule has 9 heteroatoms. The Hall–Kier alpha value is -3.23. The lowest BCUT2D eigenvalue weighted by molar-refractivity contribution is -0.115. The van der Waals surface area contributed by atoms with Crippen molar-refractivity contribution in [3.63, 3.8) is 0 Å². The fraction of sp³-hybridized carbons (Fsp3) is 0.136. The van der Waals surface area contributed by atoms with Gasteiger partial charge in [0.1, 0.15) is 11.0 Å². The quantitative estimate of drug-likeness (QED) is 0.386. The number of carbonyl (C=O) groups excluding carboxylic acids is 1. The average Bonchev–Trinajstić information content (AvgIpc) is 3.42. The Morgan fingerprint density at radius 1 is 1.16 bits per heavy atom. The van der Waals surface area contributed by atoms with Crippen LogP contribution >= 0.6 is 23.4 Å². The van der Waals surface area contributed by atoms with E-state index >= 15 is 0 Å². The minimum atomic E-state index is -0.561. The summed E-state index contributed by atoms with van der Waals surface area (Å²) in [6.07, 6.45) is 1.58. The highest BCUT2D eigenvalue weighted by Crippen LogP contribution is 2.37. The smallest absolute Gasteiger partial charge is 0.242 e. The first-order valence-electron chi connectivity index (χ1n) is 9.36. The summed E-state index contributed by atoms with van der Waals surface area (Å²) < 4.78 is 12.4. The number of nitrogens with one attached hydrogen (secondary N) is 1. The van der Waals surface area contributed by atoms with Crippen molar-refractivity contribution in [2.24, 2.45) is 7.05 Å². The number of hydrogen-bond acceptors (Lipinski definition) is 6. The number of thioether (sulfide) groups is 1. The summed E-state index contributed by atoms with van der Waals surface area (Å²) in [5.41, 5.74) is 1.42. The van der Waals surface area contributed by atoms with E-state index in [2.05, 4.69) is 15.5 Å². The summed E-state index contributed by atoms with van der Waals surface area (Å²) >= 11 is 7.50. The van der Waals surface area contributed by atoms with Crippen LogP contribution in [0.1, 0.15) is 10.8 Å². The van der Waals surface area contributed by atoms with Crippen LogP contribution in [0.3, 0.4) is 0 Å². The van der Waals surface area contributed by atoms with Crippen molar-refractivity contribution in [2.45, 2.75) is 10.4 Å². The van der Waals surface area contributed by atoms with E-state index < -0.39 is 5.25 Å². The highest BCUT2D eigenvalue weighted by molar-refractivity contribution is 8.00. The fourth-order valence-electron chi connectivity index (χ4n) is 3.00. The average molecular weight is 455 g/mol. The van der Waals surface area contributed by atoms with Crippen LogP contribution in [0.5, 0.6) is 5.75 Å². The Morgan fingerprint density at radius 3 is 2.65 bits per heavy atom. The lowest BCUT2D eigenvalue weighted by Crippen LogP contribution is -2.19. The molecule has 1 unspecified atom stereocenters. The van der Waals surface area contributed by atoms with Crippen molar-refractivity contribution in [1.82, 2.24) is 14.8 Å². The molecule has 2 aromatic heterocycles. The fourth-order valence-corrected chi connectivity index (χ4v) is 4.26. The molecular weight excluding hydrogens is 436 g/mol. The maximum absolute atomic E-state index is 13.2. The van der Waals surface area contributed by atoms with Crippen LogP contribution in [0, 0.1) is 0 Å². The van der Waals surface area contributed by atoms with Gasteiger partial charge in [0.05, 0.1) is 18.4 Å². The van der Waals surface area contributed by atoms with Gasteiger partial charge in [0.25, 0.3) is 0 Å². The van der Waals surface area contributed by atoms with Crippen LogP contribution < -0.4 is 10.1 Å². The van der Waals surface area contributed by atoms with Crippen LogP contribution in [0.15, 0.2) is 76.5 Å². The third kappa shape index (κ3) is 4.60. The maximum atomic E-state index is 13.2. The van der Waals surface area contributed by atoms with Crippen LogP contribution in [0.25, 0.3) is 11.6 Å². The number of carbonyl (C=O) groups is 1. The second kappa shape index (κ2) is 9.28. The molecule has 7 nitrogen and oxygen atoms in total. The molecule has 0 spiro atoms. The summed E-state index contributed by atoms with van der Waals surface area (Å²) in [5.74, 6) is 1.52. The van der Waals surface area contributed by atoms with E-state index in [9.17, 15) is 4.79 Å². The highest BCUT2D eigenvalue weighted by Gasteiger charge is 2.26. The molecule has 158 valence electrons. The number of ether oxygens (including phenoxy) is 1. The van der Waals surface area contributed by atoms with Crippen molar-refractivity contribution in [2.75, 3.05) is 12.4 Å². The second-order valence-corrected chi connectivity index (χ2v) is 8.07. The number of methoxy groups -OCH3 is 1. The van der Waals surface area contributed by atoms with Crippen LogP contribution in [-0.4, -0.2) is 27.8 Å². The topological polar surface area (TPSA) is 82.2 Å². The predicted molar refractivity (Wildman–Crippen MR) is 120 cm³/mol. The van der Waals surface area contributed by atoms with Gasteiger partial charge < -0.3 is 19.0 Å². The largest absolute Gasteiger partial charge is 0.495 e. The second-order valence-electron chi connectivity index (χ2n) is 6.59. The molecule has 0 aliphatic rings. The number of amides is 1. The molecule has 0 aliphatic heterocycles. The Labute approximate surface area is 188 Å². The predicted octanol–water partition coefficient (Wildman–Crippen LogP) is 5.21. The summed E-state index contributed by atoms with van der Waals surface area (Å²) in [6, 6.07) is 18.2. The van der Waals surface area contributed by atoms with Gasteiger partial charge in [-0.2, -0.15) is 0 Å². The number of halogens is 1. The lowest BCUT2D eigenvalue weighted by atomic mass is 10.1. The summed E-state index contributed by atoms with van der Waals surface area (Å²) in [7, 11) is 3.38. The van der Waals surface area contributed by atoms with Gasteiger partial charge >= 0.3 is 0 Å². The number of hydrogen-bond donors (Lipinski definition) is 1. The number of benzene rings is 2. The molecule has 31 heavy (non-hydrogen) atoms. The Morgan fingerprint density at radius 2 is 1.97 bits per heavy atom. The zero-order valence-corrected chi connectivity index (χ0v) is 18.4. The van der Waals surface area contributed by atoms with Gasteiger partial charge in [-0.05, 0) is 35.9 Å². The van der Waals surface area contributed by atoms with Gasteiger partial charge in [-0.1, -0.05) is 53.7 Å². The normalized spacial score (nSPS) is 11.8. The summed E-state index contributed by atoms with van der Waals surface area (Å²) in [6.45, 7) is 0. The zero-order chi connectivity index (χ0) is 21.8. The standard InChI is InChI=1S/C22H19ClN4O3S/c1-27-20(18-9-6-12-30-18)25-26-22(27)31-19(14-7-4-3-5-8-14)21(28)24-15-10-11-17(29-2)16(23)13-15/h3-13,19H,1-2H3,(H,24,28). The minimum absolute atomic E-state index is 0.208. The Bertz CT molecular complexity index is 1180. The zero-order valence-electron chi connectivity index (χ0n) is 16.8. The molecule has 0 saturated carbocycles. The summed E-state index contributed by atoms with van der Waals surface area (Å²) in [4.78, 5) is 13.2. The number of rotatable bonds is 7. The molecule has 2 heterocycles. The van der Waals surface area contributed by atoms with Crippen LogP contribution in [-0.2, 0) is 11.8 Å². The molecule has 0 saturated heterocycles. The highest BCUT2D eigenvalue weighted by atomic mass is 35.5. The van der Waals surface area contributed by atoms with E-state index in [1.807, 2.05) is 43.4 Å². The van der Waals surface area contributed by atoms with Gasteiger partial charge in [0.15, 0.2) is 16.7 Å². The van der Waals surface area contributed by atoms with Gasteiger partial charge in [-0.25, -0.2) is 0 Å². The Kier molecular flexibility index (Phi) is 6.29. The van der Waals surface area contributed by atoms with E-state index in [1.54, 1.807) is 42.2 Å². The van der Waals surface area contributed by atoms with Gasteiger partial charge in [-0.15, -0.1) is 10.2 Å². The van der Waals surface area contributed by atoms with Crippen molar-refractivity contribution < 1.29 is 13.9 Å². The van der Waals surface area contributed by atoms with E-state index in [1.165, 1.54) is 11.8 Å². The maximum Gasteiger partial charge on any atom is 0.242 e. The van der Waals surface area contributed by atoms with Gasteiger partial charge in [0, 0.05) is 12.7 Å². The van der Waals surface area contributed by atoms with Crippen LogP contribution in [0.4, 0.5) is 5.69 Å². The number of furan rings is 1. The van der Waals surface area contributed by atoms with Crippen molar-refractivity contribution >= 4 is 35.0 Å². The van der Waals surface area contributed by atoms with E-state index in [-0.39, 0.29) is 5.91 Å². The van der Waals surface area contributed by atoms with E-state index in [0.29, 0.717) is 33.2 Å². The molecule has 1 atom stereocenters. The Balaban J connectivity index is 1.61. The molecule has 2 aromatic carbocycles. The molecule has 0 radical (unpaired) electrons. The number of anilines is 1. The van der Waals surface area contributed by atoms with Crippen molar-refractivity contribution in [3.05, 3.63) is 77.5 Å². The third-order valence-electron chi connectivity index (χ3n) is 4.56. The van der Waals surface area contributed by atoms with Gasteiger partial charge in [-0.3, -0.25) is 4.79 Å². The minimum Gasteiger partial charge on any atom is -0.495 e. The van der Waals surface area contributed by atoms with E-state index in [0.717, 1.165) is 5.56 Å². The van der Waals surface area contributed by atoms with Crippen molar-refractivity contribution in [3.8, 4) is 17.3 Å². The first kappa shape index (κ1) is 21.0. The number of aromatic nitrogens is 3. The molecule has 0 fully saturated rings. The summed E-state index contributed by atoms with van der Waals surface area (Å²) in [5, 5.41) is 11.8. The van der Waals surface area contributed by atoms with Gasteiger partial charge in [0.2, 0.25) is 5.91 Å². The molecule has 1 N–H and O–H groups in total. The van der Waals surface area contributed by atoms with Crippen LogP contribution in [0.2, 0.25) is 5.02 Å². The number of nitrogens with zero attached hydrogens (tertiary/aromatic N) is 3. The molecular formula is C22H19ClN4O3S. The lowest BCUT2D eigenvalue weighted by Gasteiger charge is -2.17. The molecule has 0 aliphatic carbocycles. The van der Waals surface area contributed by atoms with Crippen molar-refractivity contribution in [1.29, 1.82) is 0 Å². The molecule has 1 amide bonds. The van der Waals surface area contributed by atoms with E-state index in [4.69, 9.17) is 20.8 Å². The third-order valence-corrected chi connectivity index (χ3v) is 6.14. The monoisotopic (exact) mass is 454 g/mol.